The second-order valence-electron chi connectivity index (χ2n) is 14.1. The van der Waals surface area contributed by atoms with Crippen molar-refractivity contribution < 1.29 is 31.8 Å². The molecular weight excluding hydrogens is 654 g/mol. The third-order valence-electron chi connectivity index (χ3n) is 11.1. The average Bonchev–Trinajstić information content (AvgIpc) is 3.69. The molecule has 7 heterocycles. The molecule has 4 atom stereocenters. The maximum atomic E-state index is 15.2. The molecule has 5 saturated heterocycles. The van der Waals surface area contributed by atoms with Crippen LogP contribution in [0.25, 0.3) is 22.5 Å². The smallest absolute Gasteiger partial charge is 0.319 e. The van der Waals surface area contributed by atoms with Crippen molar-refractivity contribution in [3.05, 3.63) is 46.9 Å². The van der Waals surface area contributed by atoms with Gasteiger partial charge in [0.25, 0.3) is 10.0 Å². The number of phenols is 1. The molecule has 6 aliphatic heterocycles. The number of nitrogens with zero attached hydrogens (tertiary/aromatic N) is 5. The summed E-state index contributed by atoms with van der Waals surface area (Å²) in [7, 11) is -4.36. The van der Waals surface area contributed by atoms with E-state index in [0.29, 0.717) is 36.8 Å². The zero-order valence-corrected chi connectivity index (χ0v) is 27.6. The molecule has 2 aromatic carbocycles. The van der Waals surface area contributed by atoms with E-state index in [0.717, 1.165) is 32.2 Å². The molecule has 2 bridgehead atoms. The van der Waals surface area contributed by atoms with Gasteiger partial charge in [-0.1, -0.05) is 12.0 Å². The van der Waals surface area contributed by atoms with Crippen molar-refractivity contribution in [2.45, 2.75) is 66.8 Å². The van der Waals surface area contributed by atoms with Crippen molar-refractivity contribution in [1.29, 1.82) is 0 Å². The largest absolute Gasteiger partial charge is 0.508 e. The molecule has 0 aliphatic carbocycles. The normalized spacial score (nSPS) is 29.0. The van der Waals surface area contributed by atoms with E-state index >= 15 is 12.8 Å². The van der Waals surface area contributed by atoms with Crippen LogP contribution in [-0.4, -0.2) is 109 Å². The van der Waals surface area contributed by atoms with Crippen molar-refractivity contribution in [2.24, 2.45) is 0 Å². The number of fused-ring (bicyclic) bond motifs is 5. The molecule has 0 amide bonds. The first-order valence-corrected chi connectivity index (χ1v) is 18.3. The molecule has 256 valence electrons. The summed E-state index contributed by atoms with van der Waals surface area (Å²) in [5, 5.41) is 15.2. The van der Waals surface area contributed by atoms with Crippen LogP contribution in [0.3, 0.4) is 0 Å². The predicted molar refractivity (Wildman–Crippen MR) is 178 cm³/mol. The number of sulfonamides is 1. The van der Waals surface area contributed by atoms with E-state index in [1.165, 1.54) is 28.6 Å². The zero-order valence-electron chi connectivity index (χ0n) is 26.7. The van der Waals surface area contributed by atoms with Gasteiger partial charge >= 0.3 is 6.01 Å². The highest BCUT2D eigenvalue weighted by molar-refractivity contribution is 7.89. The molecule has 6 aliphatic rings. The number of benzene rings is 2. The molecule has 49 heavy (non-hydrogen) atoms. The molecule has 1 aromatic heterocycles. The monoisotopic (exact) mass is 690 g/mol. The van der Waals surface area contributed by atoms with Crippen LogP contribution >= 0.6 is 0 Å². The Labute approximate surface area is 282 Å². The minimum Gasteiger partial charge on any atom is -0.508 e. The third kappa shape index (κ3) is 4.88. The number of nitrogens with one attached hydrogen (secondary N) is 1. The molecule has 3 unspecified atom stereocenters. The molecule has 2 N–H and O–H groups in total. The van der Waals surface area contributed by atoms with Crippen molar-refractivity contribution in [2.75, 3.05) is 50.9 Å². The SMILES string of the molecule is C#Cc1c(F)ccc2cc(O)cc(C3=Cc4nc(OC[C@@]56CCCN5CC(F)C6)nc(N5CC6CCC(C5)N6)c4S(=O)(=O)N3C3COC3)c12. The predicted octanol–water partition coefficient (Wildman–Crippen LogP) is 3.25. The Hall–Kier alpha value is -4.03. The van der Waals surface area contributed by atoms with E-state index in [-0.39, 0.29) is 76.9 Å². The van der Waals surface area contributed by atoms with Crippen molar-refractivity contribution in [1.82, 2.24) is 24.5 Å². The van der Waals surface area contributed by atoms with Gasteiger partial charge in [-0.2, -0.15) is 9.97 Å². The van der Waals surface area contributed by atoms with Gasteiger partial charge in [-0.25, -0.2) is 17.2 Å². The number of alkyl halides is 1. The van der Waals surface area contributed by atoms with E-state index < -0.39 is 33.6 Å². The van der Waals surface area contributed by atoms with Crippen LogP contribution in [0.4, 0.5) is 14.6 Å². The lowest BCUT2D eigenvalue weighted by atomic mass is 9.95. The van der Waals surface area contributed by atoms with Crippen LogP contribution < -0.4 is 15.0 Å². The van der Waals surface area contributed by atoms with Crippen LogP contribution in [0, 0.1) is 18.2 Å². The lowest BCUT2D eigenvalue weighted by Crippen LogP contribution is -2.53. The number of terminal acetylenes is 1. The van der Waals surface area contributed by atoms with E-state index in [4.69, 9.17) is 25.9 Å². The first-order valence-electron chi connectivity index (χ1n) is 16.8. The summed E-state index contributed by atoms with van der Waals surface area (Å²) in [6.45, 7) is 2.74. The number of piperazine rings is 1. The fourth-order valence-electron chi connectivity index (χ4n) is 8.81. The number of hydrogen-bond acceptors (Lipinski definition) is 10. The van der Waals surface area contributed by atoms with Gasteiger partial charge in [-0.15, -0.1) is 6.42 Å². The minimum absolute atomic E-state index is 0.00511. The van der Waals surface area contributed by atoms with Gasteiger partial charge in [0.2, 0.25) is 0 Å². The van der Waals surface area contributed by atoms with E-state index in [1.54, 1.807) is 6.08 Å². The number of ether oxygens (including phenoxy) is 2. The van der Waals surface area contributed by atoms with Crippen LogP contribution in [0.5, 0.6) is 11.8 Å². The molecular formula is C35H36F2N6O5S. The topological polar surface area (TPSA) is 120 Å². The van der Waals surface area contributed by atoms with Crippen LogP contribution in [-0.2, 0) is 14.8 Å². The van der Waals surface area contributed by atoms with Gasteiger partial charge in [-0.3, -0.25) is 9.21 Å². The van der Waals surface area contributed by atoms with Crippen molar-refractivity contribution in [3.8, 4) is 24.1 Å². The molecule has 14 heteroatoms. The van der Waals surface area contributed by atoms with Gasteiger partial charge in [0.05, 0.1) is 41.7 Å². The summed E-state index contributed by atoms with van der Waals surface area (Å²) in [5.41, 5.74) is 0.0247. The van der Waals surface area contributed by atoms with Gasteiger partial charge in [-0.05, 0) is 61.9 Å². The standard InChI is InChI=1S/C35H36F2N6O5S/c1-2-26-28(37)7-4-20-10-25(44)11-27(31(20)26)30-12-29-32(49(45,46)43(30)24-17-47-18-24)33(41-15-22-5-6-23(16-41)38-22)40-34(39-29)48-19-35-8-3-9-42(35)14-21(36)13-35/h1,4,7,10-12,21-24,38,44H,3,5-6,8-9,13-19H2/t21?,22?,23?,35-/m0/s1. The fourth-order valence-corrected chi connectivity index (χ4v) is 10.7. The minimum atomic E-state index is -4.36. The maximum absolute atomic E-state index is 15.2. The van der Waals surface area contributed by atoms with Crippen LogP contribution in [0.15, 0.2) is 29.2 Å². The summed E-state index contributed by atoms with van der Waals surface area (Å²) in [5.74, 6) is 1.90. The summed E-state index contributed by atoms with van der Waals surface area (Å²) in [6, 6.07) is 5.39. The van der Waals surface area contributed by atoms with Gasteiger partial charge in [0, 0.05) is 49.1 Å². The fraction of sp³-hybridized carbons (Fsp3) is 0.486. The Morgan fingerprint density at radius 1 is 1.16 bits per heavy atom. The Balaban J connectivity index is 1.24. The van der Waals surface area contributed by atoms with E-state index in [9.17, 15) is 9.50 Å². The summed E-state index contributed by atoms with van der Waals surface area (Å²) >= 11 is 0. The highest BCUT2D eigenvalue weighted by atomic mass is 32.2. The quantitative estimate of drug-likeness (QED) is 0.373. The average molecular weight is 691 g/mol. The molecule has 11 nitrogen and oxygen atoms in total. The molecule has 0 saturated carbocycles. The maximum Gasteiger partial charge on any atom is 0.319 e. The Bertz CT molecular complexity index is 2060. The molecule has 0 radical (unpaired) electrons. The third-order valence-corrected chi connectivity index (χ3v) is 13.0. The Morgan fingerprint density at radius 2 is 1.96 bits per heavy atom. The number of rotatable bonds is 6. The first kappa shape index (κ1) is 31.0. The molecule has 0 spiro atoms. The highest BCUT2D eigenvalue weighted by Crippen LogP contribution is 2.46. The zero-order chi connectivity index (χ0) is 33.7. The molecule has 5 fully saturated rings. The van der Waals surface area contributed by atoms with Gasteiger partial charge < -0.3 is 24.8 Å². The van der Waals surface area contributed by atoms with E-state index in [1.807, 2.05) is 4.90 Å². The number of aromatic nitrogens is 2. The highest BCUT2D eigenvalue weighted by Gasteiger charge is 2.50. The number of phenolic OH excluding ortho intramolecular Hbond substituents is 1. The lowest BCUT2D eigenvalue weighted by molar-refractivity contribution is -0.0230. The molecule has 3 aromatic rings. The number of halogens is 2. The van der Waals surface area contributed by atoms with Crippen LogP contribution in [0.2, 0.25) is 0 Å². The number of hydrogen-bond donors (Lipinski definition) is 2. The Morgan fingerprint density at radius 3 is 2.69 bits per heavy atom. The second-order valence-corrected chi connectivity index (χ2v) is 15.9. The Kier molecular flexibility index (Phi) is 7.11. The second kappa shape index (κ2) is 11.2. The summed E-state index contributed by atoms with van der Waals surface area (Å²) < 4.78 is 72.8. The lowest BCUT2D eigenvalue weighted by Gasteiger charge is -2.42. The molecule has 9 rings (SSSR count). The van der Waals surface area contributed by atoms with Gasteiger partial charge in [0.15, 0.2) is 10.7 Å². The first-order chi connectivity index (χ1) is 23.6. The van der Waals surface area contributed by atoms with Crippen molar-refractivity contribution >= 4 is 38.4 Å². The van der Waals surface area contributed by atoms with Crippen molar-refractivity contribution in [3.63, 3.8) is 0 Å². The van der Waals surface area contributed by atoms with E-state index in [2.05, 4.69) is 16.1 Å². The summed E-state index contributed by atoms with van der Waals surface area (Å²) in [6.07, 6.45) is 10.5. The van der Waals surface area contributed by atoms with Gasteiger partial charge in [0.1, 0.15) is 24.3 Å². The van der Waals surface area contributed by atoms with Crippen LogP contribution in [0.1, 0.15) is 48.9 Å². The number of aromatic hydroxyl groups is 1. The summed E-state index contributed by atoms with van der Waals surface area (Å²) in [4.78, 5) is 13.6. The number of anilines is 1.